The van der Waals surface area contributed by atoms with Gasteiger partial charge in [-0.25, -0.2) is 18.4 Å². The SMILES string of the molecule is Cc1nc(N2CCC[C@H]2C(=O)N(C)C[C@@H]2COCCO2)nc2cc(S(C)(=O)=O)ccc12. The normalized spacial score (nSPS) is 22.1. The smallest absolute Gasteiger partial charge is 0.245 e. The van der Waals surface area contributed by atoms with Crippen LogP contribution in [0.3, 0.4) is 0 Å². The van der Waals surface area contributed by atoms with Crippen LogP contribution in [0.5, 0.6) is 0 Å². The van der Waals surface area contributed by atoms with Gasteiger partial charge < -0.3 is 19.3 Å². The molecule has 0 radical (unpaired) electrons. The predicted molar refractivity (Wildman–Crippen MR) is 116 cm³/mol. The van der Waals surface area contributed by atoms with E-state index in [0.717, 1.165) is 23.9 Å². The summed E-state index contributed by atoms with van der Waals surface area (Å²) in [6, 6.07) is 4.52. The van der Waals surface area contributed by atoms with Gasteiger partial charge in [0.1, 0.15) is 6.04 Å². The van der Waals surface area contributed by atoms with E-state index in [1.807, 2.05) is 11.8 Å². The van der Waals surface area contributed by atoms with Crippen LogP contribution in [0.25, 0.3) is 10.9 Å². The molecule has 0 bridgehead atoms. The van der Waals surface area contributed by atoms with Crippen molar-refractivity contribution in [3.8, 4) is 0 Å². The molecule has 0 aliphatic carbocycles. The molecule has 3 heterocycles. The number of ether oxygens (including phenoxy) is 2. The Hall–Kier alpha value is -2.30. The van der Waals surface area contributed by atoms with E-state index in [2.05, 4.69) is 9.97 Å². The second-order valence-electron chi connectivity index (χ2n) is 8.20. The molecule has 1 amide bonds. The highest BCUT2D eigenvalue weighted by Gasteiger charge is 2.35. The van der Waals surface area contributed by atoms with Crippen LogP contribution < -0.4 is 4.90 Å². The second kappa shape index (κ2) is 8.68. The Morgan fingerprint density at radius 2 is 2.10 bits per heavy atom. The van der Waals surface area contributed by atoms with E-state index in [9.17, 15) is 13.2 Å². The lowest BCUT2D eigenvalue weighted by Crippen LogP contribution is -2.48. The zero-order valence-electron chi connectivity index (χ0n) is 18.1. The van der Waals surface area contributed by atoms with Crippen molar-refractivity contribution < 1.29 is 22.7 Å². The molecule has 2 fully saturated rings. The van der Waals surface area contributed by atoms with Crippen LogP contribution >= 0.6 is 0 Å². The van der Waals surface area contributed by atoms with Crippen LogP contribution in [-0.4, -0.2) is 87.6 Å². The van der Waals surface area contributed by atoms with Gasteiger partial charge in [0.05, 0.1) is 42.0 Å². The fourth-order valence-electron chi connectivity index (χ4n) is 4.17. The lowest BCUT2D eigenvalue weighted by molar-refractivity contribution is -0.137. The summed E-state index contributed by atoms with van der Waals surface area (Å²) in [5.74, 6) is 0.454. The first-order chi connectivity index (χ1) is 14.7. The number of benzene rings is 1. The molecule has 2 aliphatic heterocycles. The van der Waals surface area contributed by atoms with Crippen LogP contribution in [0.15, 0.2) is 23.1 Å². The first-order valence-electron chi connectivity index (χ1n) is 10.4. The van der Waals surface area contributed by atoms with E-state index < -0.39 is 9.84 Å². The minimum Gasteiger partial charge on any atom is -0.376 e. The molecular formula is C21H28N4O5S. The molecule has 4 rings (SSSR count). The summed E-state index contributed by atoms with van der Waals surface area (Å²) in [6.45, 7) is 4.63. The highest BCUT2D eigenvalue weighted by molar-refractivity contribution is 7.90. The van der Waals surface area contributed by atoms with Gasteiger partial charge in [0.2, 0.25) is 11.9 Å². The molecular weight excluding hydrogens is 420 g/mol. The summed E-state index contributed by atoms with van der Waals surface area (Å²) in [7, 11) is -1.57. The largest absolute Gasteiger partial charge is 0.376 e. The van der Waals surface area contributed by atoms with E-state index in [4.69, 9.17) is 9.47 Å². The number of hydrogen-bond donors (Lipinski definition) is 0. The van der Waals surface area contributed by atoms with E-state index in [1.54, 1.807) is 30.1 Å². The van der Waals surface area contributed by atoms with E-state index in [-0.39, 0.29) is 22.9 Å². The van der Waals surface area contributed by atoms with Crippen molar-refractivity contribution in [3.05, 3.63) is 23.9 Å². The standard InChI is InChI=1S/C21H28N4O5S/c1-14-17-7-6-16(31(3,27)28)11-18(17)23-21(22-14)25-8-4-5-19(25)20(26)24(2)12-15-13-29-9-10-30-15/h6-7,11,15,19H,4-5,8-10,12-13H2,1-3H3/t15-,19+/m1/s1. The lowest BCUT2D eigenvalue weighted by Gasteiger charge is -2.31. The zero-order valence-corrected chi connectivity index (χ0v) is 18.9. The van der Waals surface area contributed by atoms with Crippen LogP contribution in [-0.2, 0) is 24.1 Å². The monoisotopic (exact) mass is 448 g/mol. The summed E-state index contributed by atoms with van der Waals surface area (Å²) in [5, 5.41) is 0.796. The molecule has 0 N–H and O–H groups in total. The number of fused-ring (bicyclic) bond motifs is 1. The number of anilines is 1. The van der Waals surface area contributed by atoms with Crippen LogP contribution in [0.2, 0.25) is 0 Å². The van der Waals surface area contributed by atoms with E-state index in [0.29, 0.717) is 44.4 Å². The maximum absolute atomic E-state index is 13.2. The Kier molecular flexibility index (Phi) is 6.14. The van der Waals surface area contributed by atoms with Gasteiger partial charge in [-0.2, -0.15) is 0 Å². The fraction of sp³-hybridized carbons (Fsp3) is 0.571. The molecule has 31 heavy (non-hydrogen) atoms. The van der Waals surface area contributed by atoms with Gasteiger partial charge in [0, 0.05) is 31.8 Å². The van der Waals surface area contributed by atoms with Gasteiger partial charge >= 0.3 is 0 Å². The van der Waals surface area contributed by atoms with Crippen LogP contribution in [0.4, 0.5) is 5.95 Å². The number of hydrogen-bond acceptors (Lipinski definition) is 8. The minimum absolute atomic E-state index is 0.00194. The molecule has 2 saturated heterocycles. The van der Waals surface area contributed by atoms with E-state index in [1.165, 1.54) is 6.26 Å². The Labute approximate surface area is 182 Å². The number of rotatable bonds is 5. The molecule has 168 valence electrons. The minimum atomic E-state index is -3.35. The number of aryl methyl sites for hydroxylation is 1. The summed E-state index contributed by atoms with van der Waals surface area (Å²) >= 11 is 0. The third-order valence-corrected chi connectivity index (χ3v) is 6.92. The first kappa shape index (κ1) is 21.9. The van der Waals surface area contributed by atoms with Gasteiger partial charge in [-0.05, 0) is 38.0 Å². The van der Waals surface area contributed by atoms with Gasteiger partial charge in [-0.1, -0.05) is 0 Å². The molecule has 2 aromatic rings. The molecule has 2 atom stereocenters. The molecule has 1 aromatic heterocycles. The molecule has 2 aliphatic rings. The Balaban J connectivity index is 1.59. The first-order valence-corrected chi connectivity index (χ1v) is 12.3. The van der Waals surface area contributed by atoms with Crippen molar-refractivity contribution in [2.45, 2.75) is 36.8 Å². The average molecular weight is 449 g/mol. The highest BCUT2D eigenvalue weighted by Crippen LogP contribution is 2.28. The van der Waals surface area contributed by atoms with Gasteiger partial charge in [0.15, 0.2) is 9.84 Å². The van der Waals surface area contributed by atoms with Gasteiger partial charge in [-0.15, -0.1) is 0 Å². The predicted octanol–water partition coefficient (Wildman–Crippen LogP) is 1.18. The van der Waals surface area contributed by atoms with Crippen molar-refractivity contribution in [3.63, 3.8) is 0 Å². The zero-order chi connectivity index (χ0) is 22.2. The molecule has 0 unspecified atom stereocenters. The maximum Gasteiger partial charge on any atom is 0.245 e. The van der Waals surface area contributed by atoms with Gasteiger partial charge in [0.25, 0.3) is 0 Å². The summed E-state index contributed by atoms with van der Waals surface area (Å²) in [4.78, 5) is 26.3. The third-order valence-electron chi connectivity index (χ3n) is 5.81. The third kappa shape index (κ3) is 4.65. The quantitative estimate of drug-likeness (QED) is 0.672. The summed E-state index contributed by atoms with van der Waals surface area (Å²) in [6.07, 6.45) is 2.63. The molecule has 9 nitrogen and oxygen atoms in total. The molecule has 0 spiro atoms. The van der Waals surface area contributed by atoms with Crippen molar-refractivity contribution in [1.82, 2.24) is 14.9 Å². The van der Waals surface area contributed by atoms with Crippen molar-refractivity contribution in [1.29, 1.82) is 0 Å². The molecule has 0 saturated carbocycles. The number of carbonyl (C=O) groups is 1. The van der Waals surface area contributed by atoms with Crippen molar-refractivity contribution in [2.75, 3.05) is 51.1 Å². The van der Waals surface area contributed by atoms with Gasteiger partial charge in [-0.3, -0.25) is 4.79 Å². The topological polar surface area (TPSA) is 102 Å². The molecule has 1 aromatic carbocycles. The Bertz CT molecular complexity index is 1080. The Morgan fingerprint density at radius 3 is 2.81 bits per heavy atom. The number of amides is 1. The van der Waals surface area contributed by atoms with Crippen molar-refractivity contribution >= 4 is 32.6 Å². The number of sulfone groups is 1. The summed E-state index contributed by atoms with van der Waals surface area (Å²) in [5.41, 5.74) is 1.31. The van der Waals surface area contributed by atoms with Crippen LogP contribution in [0, 0.1) is 6.92 Å². The highest BCUT2D eigenvalue weighted by atomic mass is 32.2. The number of carbonyl (C=O) groups excluding carboxylic acids is 1. The fourth-order valence-corrected chi connectivity index (χ4v) is 4.81. The van der Waals surface area contributed by atoms with Crippen LogP contribution in [0.1, 0.15) is 18.5 Å². The number of likely N-dealkylation sites (N-methyl/N-ethyl adjacent to an activating group) is 1. The lowest BCUT2D eigenvalue weighted by atomic mass is 10.2. The summed E-state index contributed by atoms with van der Waals surface area (Å²) < 4.78 is 35.0. The van der Waals surface area contributed by atoms with E-state index >= 15 is 0 Å². The maximum atomic E-state index is 13.2. The number of nitrogens with zero attached hydrogens (tertiary/aromatic N) is 4. The Morgan fingerprint density at radius 1 is 1.29 bits per heavy atom. The average Bonchev–Trinajstić information content (AvgIpc) is 3.22. The van der Waals surface area contributed by atoms with Crippen molar-refractivity contribution in [2.24, 2.45) is 0 Å². The second-order valence-corrected chi connectivity index (χ2v) is 10.2. The molecule has 10 heteroatoms. The number of aromatic nitrogens is 2.